The molecule has 0 fully saturated rings. The van der Waals surface area contributed by atoms with E-state index in [1.54, 1.807) is 18.2 Å². The van der Waals surface area contributed by atoms with Crippen LogP contribution in [0, 0.1) is 0 Å². The number of hydroxylamine groups is 2. The van der Waals surface area contributed by atoms with Crippen LogP contribution in [0.2, 0.25) is 0 Å². The van der Waals surface area contributed by atoms with E-state index in [0.717, 1.165) is 15.8 Å². The van der Waals surface area contributed by atoms with E-state index in [1.165, 1.54) is 14.2 Å². The van der Waals surface area contributed by atoms with E-state index in [4.69, 9.17) is 4.84 Å². The summed E-state index contributed by atoms with van der Waals surface area (Å²) in [6, 6.07) is 12.4. The maximum absolute atomic E-state index is 12.2. The van der Waals surface area contributed by atoms with Gasteiger partial charge in [0.15, 0.2) is 0 Å². The number of amides is 1. The maximum atomic E-state index is 12.2. The molecule has 118 valence electrons. The van der Waals surface area contributed by atoms with Crippen LogP contribution in [-0.4, -0.2) is 40.1 Å². The van der Waals surface area contributed by atoms with Gasteiger partial charge in [0.1, 0.15) is 0 Å². The molecular weight excluding hydrogens is 304 g/mol. The molecule has 1 N–H and O–H groups in total. The van der Waals surface area contributed by atoms with Crippen LogP contribution in [0.5, 0.6) is 0 Å². The molecule has 2 rings (SSSR count). The van der Waals surface area contributed by atoms with E-state index in [1.807, 2.05) is 24.3 Å². The second-order valence-corrected chi connectivity index (χ2v) is 6.50. The maximum Gasteiger partial charge on any atom is 0.247 e. The van der Waals surface area contributed by atoms with E-state index in [9.17, 15) is 13.2 Å². The number of fused-ring (bicyclic) bond motifs is 1. The molecule has 1 amide bonds. The van der Waals surface area contributed by atoms with Gasteiger partial charge in [0.05, 0.1) is 12.0 Å². The quantitative estimate of drug-likeness (QED) is 0.818. The first-order valence-electron chi connectivity index (χ1n) is 6.73. The molecule has 2 aromatic rings. The van der Waals surface area contributed by atoms with Gasteiger partial charge in [-0.05, 0) is 22.9 Å². The number of hydrogen-bond donors (Lipinski definition) is 1. The lowest BCUT2D eigenvalue weighted by molar-refractivity contribution is -0.168. The first-order chi connectivity index (χ1) is 10.4. The van der Waals surface area contributed by atoms with Crippen LogP contribution in [0.25, 0.3) is 10.8 Å². The van der Waals surface area contributed by atoms with Crippen LogP contribution >= 0.6 is 0 Å². The molecule has 0 aliphatic carbocycles. The van der Waals surface area contributed by atoms with Gasteiger partial charge in [-0.1, -0.05) is 30.3 Å². The Morgan fingerprint density at radius 2 is 1.86 bits per heavy atom. The molecule has 0 atom stereocenters. The number of nitrogens with zero attached hydrogens (tertiary/aromatic N) is 1. The van der Waals surface area contributed by atoms with Gasteiger partial charge in [0, 0.05) is 20.0 Å². The summed E-state index contributed by atoms with van der Waals surface area (Å²) in [6.07, 6.45) is 0.0250. The molecule has 0 bridgehead atoms. The highest BCUT2D eigenvalue weighted by molar-refractivity contribution is 7.89. The molecule has 0 saturated heterocycles. The van der Waals surface area contributed by atoms with Crippen molar-refractivity contribution in [2.24, 2.45) is 0 Å². The second-order valence-electron chi connectivity index (χ2n) is 4.73. The van der Waals surface area contributed by atoms with Crippen molar-refractivity contribution in [3.8, 4) is 0 Å². The predicted molar refractivity (Wildman–Crippen MR) is 83.5 cm³/mol. The Hall–Kier alpha value is -1.96. The van der Waals surface area contributed by atoms with Gasteiger partial charge in [-0.25, -0.2) is 18.2 Å². The molecule has 7 heteroatoms. The average Bonchev–Trinajstić information content (AvgIpc) is 2.53. The van der Waals surface area contributed by atoms with E-state index in [0.29, 0.717) is 0 Å². The van der Waals surface area contributed by atoms with Crippen molar-refractivity contribution in [2.45, 2.75) is 11.3 Å². The van der Waals surface area contributed by atoms with Crippen LogP contribution in [0.15, 0.2) is 47.4 Å². The molecule has 2 aromatic carbocycles. The first kappa shape index (κ1) is 16.4. The lowest BCUT2D eigenvalue weighted by Crippen LogP contribution is -2.31. The van der Waals surface area contributed by atoms with Gasteiger partial charge < -0.3 is 0 Å². The summed E-state index contributed by atoms with van der Waals surface area (Å²) in [5, 5.41) is 2.88. The van der Waals surface area contributed by atoms with Crippen molar-refractivity contribution in [3.05, 3.63) is 42.5 Å². The molecule has 0 radical (unpaired) electrons. The summed E-state index contributed by atoms with van der Waals surface area (Å²) in [5.74, 6) is -0.302. The van der Waals surface area contributed by atoms with Crippen LogP contribution in [-0.2, 0) is 19.7 Å². The lowest BCUT2D eigenvalue weighted by atomic mass is 10.1. The Morgan fingerprint density at radius 3 is 2.55 bits per heavy atom. The largest absolute Gasteiger partial charge is 0.275 e. The summed E-state index contributed by atoms with van der Waals surface area (Å²) >= 11 is 0. The summed E-state index contributed by atoms with van der Waals surface area (Å²) in [7, 11) is -0.797. The zero-order chi connectivity index (χ0) is 16.2. The summed E-state index contributed by atoms with van der Waals surface area (Å²) in [4.78, 5) is 16.5. The molecule has 6 nitrogen and oxygen atoms in total. The number of carbonyl (C=O) groups excluding carboxylic acids is 1. The minimum Gasteiger partial charge on any atom is -0.275 e. The highest BCUT2D eigenvalue weighted by atomic mass is 32.2. The van der Waals surface area contributed by atoms with Gasteiger partial charge in [-0.3, -0.25) is 9.63 Å². The number of carbonyl (C=O) groups is 1. The Kier molecular flexibility index (Phi) is 5.12. The lowest BCUT2D eigenvalue weighted by Gasteiger charge is -2.13. The van der Waals surface area contributed by atoms with E-state index in [2.05, 4.69) is 4.72 Å². The van der Waals surface area contributed by atoms with Gasteiger partial charge in [-0.15, -0.1) is 0 Å². The van der Waals surface area contributed by atoms with Crippen molar-refractivity contribution in [1.29, 1.82) is 0 Å². The highest BCUT2D eigenvalue weighted by Crippen LogP contribution is 2.18. The van der Waals surface area contributed by atoms with E-state index >= 15 is 0 Å². The number of rotatable bonds is 6. The van der Waals surface area contributed by atoms with Crippen LogP contribution < -0.4 is 4.72 Å². The van der Waals surface area contributed by atoms with Crippen molar-refractivity contribution >= 4 is 26.7 Å². The second kappa shape index (κ2) is 6.87. The van der Waals surface area contributed by atoms with Gasteiger partial charge in [0.2, 0.25) is 15.9 Å². The Balaban J connectivity index is 2.07. The van der Waals surface area contributed by atoms with E-state index in [-0.39, 0.29) is 23.8 Å². The summed E-state index contributed by atoms with van der Waals surface area (Å²) in [5.41, 5.74) is 0. The minimum absolute atomic E-state index is 0.0156. The third kappa shape index (κ3) is 3.82. The third-order valence-corrected chi connectivity index (χ3v) is 4.75. The zero-order valence-corrected chi connectivity index (χ0v) is 13.3. The summed E-state index contributed by atoms with van der Waals surface area (Å²) in [6.45, 7) is 0.0156. The van der Waals surface area contributed by atoms with Crippen LogP contribution in [0.1, 0.15) is 6.42 Å². The number of sulfonamides is 1. The molecule has 0 aromatic heterocycles. The number of benzene rings is 2. The molecule has 0 spiro atoms. The zero-order valence-electron chi connectivity index (χ0n) is 12.4. The van der Waals surface area contributed by atoms with Gasteiger partial charge >= 0.3 is 0 Å². The van der Waals surface area contributed by atoms with Crippen LogP contribution in [0.3, 0.4) is 0 Å². The molecule has 0 saturated carbocycles. The normalized spacial score (nSPS) is 11.5. The minimum atomic E-state index is -3.64. The van der Waals surface area contributed by atoms with Crippen molar-refractivity contribution < 1.29 is 18.0 Å². The predicted octanol–water partition coefficient (Wildman–Crippen LogP) is 1.53. The van der Waals surface area contributed by atoms with Crippen molar-refractivity contribution in [2.75, 3.05) is 20.7 Å². The molecule has 0 unspecified atom stereocenters. The van der Waals surface area contributed by atoms with Crippen molar-refractivity contribution in [3.63, 3.8) is 0 Å². The Bertz CT molecular complexity index is 774. The molecule has 0 aliphatic rings. The van der Waals surface area contributed by atoms with E-state index < -0.39 is 10.0 Å². The molecule has 0 heterocycles. The SMILES string of the molecule is CON(C)C(=O)CCNS(=O)(=O)c1ccc2ccccc2c1. The Morgan fingerprint density at radius 1 is 1.18 bits per heavy atom. The first-order valence-corrected chi connectivity index (χ1v) is 8.21. The van der Waals surface area contributed by atoms with Gasteiger partial charge in [0.25, 0.3) is 0 Å². The Labute approximate surface area is 129 Å². The number of hydrogen-bond acceptors (Lipinski definition) is 4. The van der Waals surface area contributed by atoms with Crippen LogP contribution in [0.4, 0.5) is 0 Å². The molecule has 0 aliphatic heterocycles. The standard InChI is InChI=1S/C15H18N2O4S/c1-17(21-2)15(18)9-10-16-22(19,20)14-8-7-12-5-3-4-6-13(12)11-14/h3-8,11,16H,9-10H2,1-2H3. The molecular formula is C15H18N2O4S. The highest BCUT2D eigenvalue weighted by Gasteiger charge is 2.15. The average molecular weight is 322 g/mol. The summed E-state index contributed by atoms with van der Waals surface area (Å²) < 4.78 is 26.9. The smallest absolute Gasteiger partial charge is 0.247 e. The van der Waals surface area contributed by atoms with Gasteiger partial charge in [-0.2, -0.15) is 0 Å². The number of nitrogens with one attached hydrogen (secondary N) is 1. The van der Waals surface area contributed by atoms with Crippen molar-refractivity contribution in [1.82, 2.24) is 9.79 Å². The fourth-order valence-electron chi connectivity index (χ4n) is 1.97. The monoisotopic (exact) mass is 322 g/mol. The third-order valence-electron chi connectivity index (χ3n) is 3.29. The molecule has 22 heavy (non-hydrogen) atoms. The fraction of sp³-hybridized carbons (Fsp3) is 0.267. The fourth-order valence-corrected chi connectivity index (χ4v) is 3.04. The topological polar surface area (TPSA) is 75.7 Å².